The first kappa shape index (κ1) is 17.5. The second kappa shape index (κ2) is 9.29. The van der Waals surface area contributed by atoms with Crippen molar-refractivity contribution in [1.82, 2.24) is 10.6 Å². The van der Waals surface area contributed by atoms with E-state index in [-0.39, 0.29) is 37.0 Å². The summed E-state index contributed by atoms with van der Waals surface area (Å²) in [6, 6.07) is 14.7. The van der Waals surface area contributed by atoms with Gasteiger partial charge in [-0.25, -0.2) is 4.39 Å². The molecule has 0 unspecified atom stereocenters. The van der Waals surface area contributed by atoms with Crippen LogP contribution >= 0.6 is 0 Å². The molecule has 0 fully saturated rings. The van der Waals surface area contributed by atoms with E-state index in [1.54, 1.807) is 0 Å². The summed E-state index contributed by atoms with van der Waals surface area (Å²) < 4.78 is 18.4. The Morgan fingerprint density at radius 3 is 2.46 bits per heavy atom. The molecule has 6 heteroatoms. The third-order valence-electron chi connectivity index (χ3n) is 3.16. The topological polar surface area (TPSA) is 67.4 Å². The molecule has 0 spiro atoms. The molecular weight excluding hydrogens is 311 g/mol. The zero-order valence-electron chi connectivity index (χ0n) is 13.1. The van der Waals surface area contributed by atoms with Crippen molar-refractivity contribution in [3.05, 3.63) is 66.0 Å². The van der Waals surface area contributed by atoms with Gasteiger partial charge in [-0.05, 0) is 30.3 Å². The summed E-state index contributed by atoms with van der Waals surface area (Å²) in [5.74, 6) is -0.288. The van der Waals surface area contributed by atoms with Crippen LogP contribution in [0.4, 0.5) is 4.39 Å². The van der Waals surface area contributed by atoms with Crippen molar-refractivity contribution in [1.29, 1.82) is 0 Å². The zero-order chi connectivity index (χ0) is 17.2. The van der Waals surface area contributed by atoms with Crippen molar-refractivity contribution in [3.8, 4) is 5.75 Å². The number of amides is 2. The summed E-state index contributed by atoms with van der Waals surface area (Å²) in [6.45, 7) is 0.845. The van der Waals surface area contributed by atoms with E-state index < -0.39 is 5.82 Å². The molecule has 2 N–H and O–H groups in total. The van der Waals surface area contributed by atoms with Crippen molar-refractivity contribution in [2.45, 2.75) is 6.42 Å². The van der Waals surface area contributed by atoms with E-state index >= 15 is 0 Å². The van der Waals surface area contributed by atoms with Crippen LogP contribution in [0.15, 0.2) is 54.6 Å². The van der Waals surface area contributed by atoms with Gasteiger partial charge in [0.15, 0.2) is 0 Å². The molecule has 0 atom stereocenters. The number of para-hydroxylation sites is 1. The predicted octanol–water partition coefficient (Wildman–Crippen LogP) is 2.14. The van der Waals surface area contributed by atoms with Gasteiger partial charge in [0.05, 0.1) is 13.0 Å². The number of rotatable bonds is 8. The van der Waals surface area contributed by atoms with E-state index in [2.05, 4.69) is 10.6 Å². The van der Waals surface area contributed by atoms with Crippen molar-refractivity contribution < 1.29 is 18.7 Å². The number of ether oxygens (including phenoxy) is 1. The van der Waals surface area contributed by atoms with Crippen molar-refractivity contribution in [3.63, 3.8) is 0 Å². The molecule has 0 bridgehead atoms. The fourth-order valence-electron chi connectivity index (χ4n) is 1.98. The highest BCUT2D eigenvalue weighted by Gasteiger charge is 2.06. The molecule has 0 radical (unpaired) electrons. The maximum atomic E-state index is 13.0. The van der Waals surface area contributed by atoms with E-state index in [0.29, 0.717) is 12.3 Å². The summed E-state index contributed by atoms with van der Waals surface area (Å²) in [7, 11) is 0. The number of nitrogens with one attached hydrogen (secondary N) is 2. The van der Waals surface area contributed by atoms with Crippen LogP contribution in [0, 0.1) is 5.82 Å². The minimum Gasteiger partial charge on any atom is -0.493 e. The molecule has 24 heavy (non-hydrogen) atoms. The molecule has 5 nitrogen and oxygen atoms in total. The average Bonchev–Trinajstić information content (AvgIpc) is 2.59. The van der Waals surface area contributed by atoms with Crippen molar-refractivity contribution in [2.24, 2.45) is 0 Å². The second-order valence-electron chi connectivity index (χ2n) is 5.03. The predicted molar refractivity (Wildman–Crippen MR) is 88.3 cm³/mol. The van der Waals surface area contributed by atoms with Crippen LogP contribution in [0.25, 0.3) is 0 Å². The Bertz CT molecular complexity index is 677. The number of benzene rings is 2. The highest BCUT2D eigenvalue weighted by atomic mass is 19.1. The third-order valence-corrected chi connectivity index (χ3v) is 3.16. The fraction of sp³-hybridized carbons (Fsp3) is 0.222. The first-order chi connectivity index (χ1) is 11.6. The molecule has 126 valence electrons. The third kappa shape index (κ3) is 6.08. The minimum absolute atomic E-state index is 0.161. The van der Waals surface area contributed by atoms with Gasteiger partial charge < -0.3 is 15.4 Å². The Balaban J connectivity index is 1.58. The van der Waals surface area contributed by atoms with Gasteiger partial charge in [-0.3, -0.25) is 9.59 Å². The van der Waals surface area contributed by atoms with Crippen LogP contribution in [0.3, 0.4) is 0 Å². The highest BCUT2D eigenvalue weighted by Crippen LogP contribution is 2.08. The summed E-state index contributed by atoms with van der Waals surface area (Å²) in [6.07, 6.45) is 0.229. The first-order valence-electron chi connectivity index (χ1n) is 7.63. The minimum atomic E-state index is -0.464. The van der Waals surface area contributed by atoms with Crippen LogP contribution < -0.4 is 15.4 Å². The molecule has 2 amide bonds. The molecule has 0 aromatic heterocycles. The SMILES string of the molecule is O=C(CCOc1ccccc1)NCCNC(=O)c1cccc(F)c1. The quantitative estimate of drug-likeness (QED) is 0.729. The Labute approximate surface area is 139 Å². The smallest absolute Gasteiger partial charge is 0.251 e. The van der Waals surface area contributed by atoms with Gasteiger partial charge in [-0.2, -0.15) is 0 Å². The average molecular weight is 330 g/mol. The summed E-state index contributed by atoms with van der Waals surface area (Å²) in [4.78, 5) is 23.4. The maximum absolute atomic E-state index is 13.0. The van der Waals surface area contributed by atoms with E-state index in [1.165, 1.54) is 18.2 Å². The molecule has 2 aromatic rings. The monoisotopic (exact) mass is 330 g/mol. The summed E-state index contributed by atoms with van der Waals surface area (Å²) in [5.41, 5.74) is 0.248. The Morgan fingerprint density at radius 1 is 0.958 bits per heavy atom. The van der Waals surface area contributed by atoms with Crippen LogP contribution in [0.5, 0.6) is 5.75 Å². The Hall–Kier alpha value is -2.89. The van der Waals surface area contributed by atoms with Gasteiger partial charge in [-0.15, -0.1) is 0 Å². The van der Waals surface area contributed by atoms with Crippen LogP contribution in [-0.2, 0) is 4.79 Å². The molecule has 2 aromatic carbocycles. The van der Waals surface area contributed by atoms with E-state index in [9.17, 15) is 14.0 Å². The highest BCUT2D eigenvalue weighted by molar-refractivity contribution is 5.94. The Kier molecular flexibility index (Phi) is 6.76. The molecule has 0 heterocycles. The van der Waals surface area contributed by atoms with Crippen LogP contribution in [0.2, 0.25) is 0 Å². The lowest BCUT2D eigenvalue weighted by Gasteiger charge is -2.08. The van der Waals surface area contributed by atoms with E-state index in [1.807, 2.05) is 30.3 Å². The lowest BCUT2D eigenvalue weighted by molar-refractivity contribution is -0.121. The van der Waals surface area contributed by atoms with Gasteiger partial charge >= 0.3 is 0 Å². The number of hydrogen-bond acceptors (Lipinski definition) is 3. The molecule has 0 saturated carbocycles. The number of carbonyl (C=O) groups is 2. The molecule has 0 aliphatic carbocycles. The van der Waals surface area contributed by atoms with Gasteiger partial charge in [0.25, 0.3) is 5.91 Å². The standard InChI is InChI=1S/C18H19FN2O3/c19-15-6-4-5-14(13-15)18(23)21-11-10-20-17(22)9-12-24-16-7-2-1-3-8-16/h1-8,13H,9-12H2,(H,20,22)(H,21,23). The number of hydrogen-bond donors (Lipinski definition) is 2. The van der Waals surface area contributed by atoms with E-state index in [0.717, 1.165) is 6.07 Å². The van der Waals surface area contributed by atoms with Crippen molar-refractivity contribution >= 4 is 11.8 Å². The van der Waals surface area contributed by atoms with Gasteiger partial charge in [0, 0.05) is 18.7 Å². The second-order valence-corrected chi connectivity index (χ2v) is 5.03. The number of carbonyl (C=O) groups excluding carboxylic acids is 2. The van der Waals surface area contributed by atoms with Gasteiger partial charge in [-0.1, -0.05) is 24.3 Å². The normalized spacial score (nSPS) is 10.0. The lowest BCUT2D eigenvalue weighted by Crippen LogP contribution is -2.35. The van der Waals surface area contributed by atoms with Crippen molar-refractivity contribution in [2.75, 3.05) is 19.7 Å². The first-order valence-corrected chi connectivity index (χ1v) is 7.63. The Morgan fingerprint density at radius 2 is 1.71 bits per heavy atom. The lowest BCUT2D eigenvalue weighted by atomic mass is 10.2. The molecule has 2 rings (SSSR count). The molecule has 0 aliphatic heterocycles. The summed E-state index contributed by atoms with van der Waals surface area (Å²) >= 11 is 0. The largest absolute Gasteiger partial charge is 0.493 e. The van der Waals surface area contributed by atoms with Crippen LogP contribution in [-0.4, -0.2) is 31.5 Å². The molecule has 0 saturated heterocycles. The van der Waals surface area contributed by atoms with Crippen LogP contribution in [0.1, 0.15) is 16.8 Å². The zero-order valence-corrected chi connectivity index (χ0v) is 13.1. The number of halogens is 1. The van der Waals surface area contributed by atoms with E-state index in [4.69, 9.17) is 4.74 Å². The fourth-order valence-corrected chi connectivity index (χ4v) is 1.98. The summed E-state index contributed by atoms with van der Waals surface area (Å²) in [5, 5.41) is 5.29. The maximum Gasteiger partial charge on any atom is 0.251 e. The molecule has 0 aliphatic rings. The van der Waals surface area contributed by atoms with Gasteiger partial charge in [0.2, 0.25) is 5.91 Å². The van der Waals surface area contributed by atoms with Gasteiger partial charge in [0.1, 0.15) is 11.6 Å². The molecular formula is C18H19FN2O3.